The van der Waals surface area contributed by atoms with Gasteiger partial charge < -0.3 is 14.5 Å². The van der Waals surface area contributed by atoms with Crippen LogP contribution in [0.1, 0.15) is 24.0 Å². The van der Waals surface area contributed by atoms with Crippen LogP contribution in [-0.2, 0) is 4.79 Å². The van der Waals surface area contributed by atoms with E-state index < -0.39 is 0 Å². The highest BCUT2D eigenvalue weighted by atomic mass is 16.5. The Bertz CT molecular complexity index is 1320. The Morgan fingerprint density at radius 1 is 1.18 bits per heavy atom. The fraction of sp³-hybridized carbons (Fsp3) is 0.417. The van der Waals surface area contributed by atoms with Gasteiger partial charge in [0.1, 0.15) is 12.4 Å². The van der Waals surface area contributed by atoms with Gasteiger partial charge >= 0.3 is 0 Å². The van der Waals surface area contributed by atoms with Crippen molar-refractivity contribution in [3.8, 4) is 17.0 Å². The molecule has 0 aliphatic carbocycles. The molecular weight excluding hydrogens is 418 g/mol. The zero-order valence-corrected chi connectivity index (χ0v) is 19.5. The number of aromatic amines is 1. The van der Waals surface area contributed by atoms with Crippen molar-refractivity contribution >= 4 is 22.5 Å². The third kappa shape index (κ3) is 4.16. The number of piperidine rings is 1. The number of rotatable bonds is 5. The first-order valence-corrected chi connectivity index (χ1v) is 11.3. The number of carbonyl (C=O) groups excluding carboxylic acids is 1. The second-order valence-corrected chi connectivity index (χ2v) is 9.12. The van der Waals surface area contributed by atoms with Gasteiger partial charge in [0.05, 0.1) is 17.4 Å². The summed E-state index contributed by atoms with van der Waals surface area (Å²) < 4.78 is 8.08. The van der Waals surface area contributed by atoms with Crippen LogP contribution in [0.2, 0.25) is 0 Å². The maximum absolute atomic E-state index is 12.3. The fourth-order valence-corrected chi connectivity index (χ4v) is 4.54. The molecule has 4 heterocycles. The Balaban J connectivity index is 1.34. The summed E-state index contributed by atoms with van der Waals surface area (Å²) in [6.45, 7) is 6.02. The number of benzene rings is 1. The fourth-order valence-electron chi connectivity index (χ4n) is 4.54. The number of hydrogen-bond donors (Lipinski definition) is 1. The lowest BCUT2D eigenvalue weighted by Crippen LogP contribution is -2.45. The summed E-state index contributed by atoms with van der Waals surface area (Å²) in [7, 11) is 3.83. The van der Waals surface area contributed by atoms with E-state index in [4.69, 9.17) is 4.74 Å². The molecule has 1 aliphatic heterocycles. The highest BCUT2D eigenvalue weighted by Gasteiger charge is 2.25. The predicted octanol–water partition coefficient (Wildman–Crippen LogP) is 2.82. The van der Waals surface area contributed by atoms with Crippen molar-refractivity contribution in [1.29, 1.82) is 0 Å². The van der Waals surface area contributed by atoms with E-state index in [0.717, 1.165) is 51.6 Å². The van der Waals surface area contributed by atoms with Gasteiger partial charge in [0, 0.05) is 37.7 Å². The molecule has 9 heteroatoms. The molecule has 3 aromatic heterocycles. The number of pyridine rings is 1. The number of fused-ring (bicyclic) bond motifs is 2. The molecular formula is C24H29N7O2. The minimum absolute atomic E-state index is 0.0530. The number of H-pyrrole nitrogens is 1. The monoisotopic (exact) mass is 447 g/mol. The van der Waals surface area contributed by atoms with Crippen LogP contribution in [-0.4, -0.2) is 80.3 Å². The molecule has 0 atom stereocenters. The van der Waals surface area contributed by atoms with E-state index >= 15 is 0 Å². The van der Waals surface area contributed by atoms with Crippen molar-refractivity contribution in [2.45, 2.75) is 32.8 Å². The van der Waals surface area contributed by atoms with Crippen molar-refractivity contribution in [1.82, 2.24) is 34.6 Å². The Morgan fingerprint density at radius 2 is 1.97 bits per heavy atom. The molecule has 0 unspecified atom stereocenters. The van der Waals surface area contributed by atoms with Crippen molar-refractivity contribution in [3.05, 3.63) is 41.9 Å². The summed E-state index contributed by atoms with van der Waals surface area (Å²) in [4.78, 5) is 20.4. The van der Waals surface area contributed by atoms with Crippen LogP contribution in [0.5, 0.6) is 5.88 Å². The lowest BCUT2D eigenvalue weighted by molar-refractivity contribution is -0.133. The molecule has 9 nitrogen and oxygen atoms in total. The van der Waals surface area contributed by atoms with E-state index in [0.29, 0.717) is 25.5 Å². The van der Waals surface area contributed by atoms with Crippen LogP contribution in [0, 0.1) is 13.8 Å². The van der Waals surface area contributed by atoms with Gasteiger partial charge in [-0.25, -0.2) is 9.50 Å². The first-order chi connectivity index (χ1) is 15.9. The molecule has 0 saturated carbocycles. The van der Waals surface area contributed by atoms with E-state index in [1.165, 1.54) is 0 Å². The molecule has 1 N–H and O–H groups in total. The molecule has 172 valence electrons. The number of likely N-dealkylation sites (tertiary alicyclic amines) is 1. The zero-order valence-electron chi connectivity index (χ0n) is 19.5. The van der Waals surface area contributed by atoms with Gasteiger partial charge in [-0.05, 0) is 62.8 Å². The summed E-state index contributed by atoms with van der Waals surface area (Å²) in [5.74, 6) is 0.798. The van der Waals surface area contributed by atoms with Gasteiger partial charge in [-0.15, -0.1) is 5.10 Å². The van der Waals surface area contributed by atoms with Crippen molar-refractivity contribution in [3.63, 3.8) is 0 Å². The third-order valence-corrected chi connectivity index (χ3v) is 6.27. The summed E-state index contributed by atoms with van der Waals surface area (Å²) in [6, 6.07) is 6.38. The zero-order chi connectivity index (χ0) is 23.1. The van der Waals surface area contributed by atoms with Crippen molar-refractivity contribution in [2.75, 3.05) is 33.7 Å². The highest BCUT2D eigenvalue weighted by molar-refractivity contribution is 5.90. The number of ether oxygens (including phenoxy) is 1. The van der Waals surface area contributed by atoms with Crippen LogP contribution in [0.15, 0.2) is 30.7 Å². The number of nitrogens with one attached hydrogen (secondary N) is 1. The highest BCUT2D eigenvalue weighted by Crippen LogP contribution is 2.33. The van der Waals surface area contributed by atoms with Gasteiger partial charge in [0.25, 0.3) is 0 Å². The molecule has 1 fully saturated rings. The second-order valence-electron chi connectivity index (χ2n) is 9.12. The number of carbonyl (C=O) groups is 1. The smallest absolute Gasteiger partial charge is 0.240 e. The van der Waals surface area contributed by atoms with E-state index in [9.17, 15) is 4.79 Å². The lowest BCUT2D eigenvalue weighted by Gasteiger charge is -2.32. The first kappa shape index (κ1) is 21.4. The van der Waals surface area contributed by atoms with Gasteiger partial charge in [-0.1, -0.05) is 0 Å². The number of amides is 1. The number of aryl methyl sites for hydroxylation is 2. The molecule has 4 aromatic rings. The Kier molecular flexibility index (Phi) is 5.49. The van der Waals surface area contributed by atoms with E-state index in [2.05, 4.69) is 45.4 Å². The minimum atomic E-state index is 0.0530. The van der Waals surface area contributed by atoms with E-state index in [1.807, 2.05) is 41.5 Å². The van der Waals surface area contributed by atoms with Crippen molar-refractivity contribution in [2.24, 2.45) is 0 Å². The summed E-state index contributed by atoms with van der Waals surface area (Å²) in [6.07, 6.45) is 5.24. The first-order valence-electron chi connectivity index (χ1n) is 11.3. The summed E-state index contributed by atoms with van der Waals surface area (Å²) in [5, 5.41) is 12.9. The number of aromatic nitrogens is 5. The number of likely N-dealkylation sites (N-methyl/N-ethyl adjacent to an activating group) is 1. The molecule has 33 heavy (non-hydrogen) atoms. The average Bonchev–Trinajstić information content (AvgIpc) is 3.40. The Morgan fingerprint density at radius 3 is 2.73 bits per heavy atom. The molecule has 1 aromatic carbocycles. The number of hydrogen-bond acceptors (Lipinski definition) is 6. The summed E-state index contributed by atoms with van der Waals surface area (Å²) in [5.41, 5.74) is 6.21. The standard InChI is InChI=1S/C24H29N7O2/c1-15-10-20-21(11-19(15)17-9-16(2)23-25-14-26-31(23)12-17)27-28-24(20)33-18-5-7-30(8-6-18)22(32)13-29(3)4/h9-12,14,18H,5-8,13H2,1-4H3,(H,27,28). The normalized spacial score (nSPS) is 15.1. The molecule has 0 spiro atoms. The molecule has 5 rings (SSSR count). The predicted molar refractivity (Wildman–Crippen MR) is 126 cm³/mol. The van der Waals surface area contributed by atoms with Crippen LogP contribution >= 0.6 is 0 Å². The van der Waals surface area contributed by atoms with Gasteiger partial charge in [-0.3, -0.25) is 9.89 Å². The van der Waals surface area contributed by atoms with Crippen LogP contribution in [0.25, 0.3) is 27.7 Å². The van der Waals surface area contributed by atoms with Crippen LogP contribution < -0.4 is 4.74 Å². The lowest BCUT2D eigenvalue weighted by atomic mass is 9.99. The van der Waals surface area contributed by atoms with Gasteiger partial charge in [0.15, 0.2) is 5.65 Å². The molecule has 0 bridgehead atoms. The Labute approximate surface area is 192 Å². The minimum Gasteiger partial charge on any atom is -0.473 e. The largest absolute Gasteiger partial charge is 0.473 e. The number of nitrogens with zero attached hydrogens (tertiary/aromatic N) is 6. The SMILES string of the molecule is Cc1cc2c(OC3CCN(C(=O)CN(C)C)CC3)n[nH]c2cc1-c1cc(C)c2ncnn2c1. The van der Waals surface area contributed by atoms with E-state index in [1.54, 1.807) is 6.33 Å². The second kappa shape index (κ2) is 8.47. The topological polar surface area (TPSA) is 91.6 Å². The molecule has 1 aliphatic rings. The molecule has 1 saturated heterocycles. The quantitative estimate of drug-likeness (QED) is 0.506. The molecule has 1 amide bonds. The van der Waals surface area contributed by atoms with Crippen LogP contribution in [0.4, 0.5) is 0 Å². The molecule has 0 radical (unpaired) electrons. The average molecular weight is 448 g/mol. The summed E-state index contributed by atoms with van der Waals surface area (Å²) >= 11 is 0. The maximum Gasteiger partial charge on any atom is 0.240 e. The van der Waals surface area contributed by atoms with Gasteiger partial charge in [-0.2, -0.15) is 5.10 Å². The van der Waals surface area contributed by atoms with Crippen LogP contribution in [0.3, 0.4) is 0 Å². The maximum atomic E-state index is 12.3. The van der Waals surface area contributed by atoms with Gasteiger partial charge in [0.2, 0.25) is 11.8 Å². The van der Waals surface area contributed by atoms with Crippen molar-refractivity contribution < 1.29 is 9.53 Å². The van der Waals surface area contributed by atoms with E-state index in [-0.39, 0.29) is 12.0 Å². The Hall–Kier alpha value is -3.46. The third-order valence-electron chi connectivity index (χ3n) is 6.27.